The molecule has 0 bridgehead atoms. The number of H-pyrrole nitrogens is 2. The summed E-state index contributed by atoms with van der Waals surface area (Å²) in [6, 6.07) is 21.7. The fourth-order valence-corrected chi connectivity index (χ4v) is 6.33. The Morgan fingerprint density at radius 3 is 2.13 bits per heavy atom. The number of aromatic amines is 2. The third kappa shape index (κ3) is 7.49. The van der Waals surface area contributed by atoms with Crippen LogP contribution in [-0.4, -0.2) is 55.0 Å². The van der Waals surface area contributed by atoms with E-state index in [4.69, 9.17) is 9.97 Å². The molecule has 1 aliphatic carbocycles. The lowest BCUT2D eigenvalue weighted by Crippen LogP contribution is -2.12. The van der Waals surface area contributed by atoms with Crippen LogP contribution in [0.25, 0.3) is 22.6 Å². The lowest BCUT2D eigenvalue weighted by molar-refractivity contribution is -0.117. The molecule has 5 N–H and O–H groups in total. The van der Waals surface area contributed by atoms with Crippen molar-refractivity contribution in [2.24, 2.45) is 5.92 Å². The van der Waals surface area contributed by atoms with Gasteiger partial charge in [-0.3, -0.25) is 15.0 Å². The van der Waals surface area contributed by atoms with Crippen LogP contribution in [-0.2, 0) is 4.79 Å². The van der Waals surface area contributed by atoms with Crippen LogP contribution in [0, 0.1) is 26.7 Å². The van der Waals surface area contributed by atoms with Gasteiger partial charge in [-0.25, -0.2) is 19.9 Å². The third-order valence-corrected chi connectivity index (χ3v) is 9.09. The van der Waals surface area contributed by atoms with Crippen molar-refractivity contribution in [2.45, 2.75) is 43.5 Å². The number of nitrogens with zero attached hydrogens (tertiary/aromatic N) is 8. The molecule has 1 saturated carbocycles. The Kier molecular flexibility index (Phi) is 8.83. The van der Waals surface area contributed by atoms with Gasteiger partial charge in [0.2, 0.25) is 5.91 Å². The molecule has 2 aromatic carbocycles. The van der Waals surface area contributed by atoms with Crippen LogP contribution in [0.2, 0.25) is 0 Å². The van der Waals surface area contributed by atoms with E-state index in [1.165, 1.54) is 0 Å². The molecule has 0 spiro atoms. The van der Waals surface area contributed by atoms with Gasteiger partial charge in [0.1, 0.15) is 5.03 Å². The van der Waals surface area contributed by atoms with Crippen LogP contribution >= 0.6 is 11.8 Å². The molecule has 6 heterocycles. The van der Waals surface area contributed by atoms with Gasteiger partial charge >= 0.3 is 0 Å². The topological polar surface area (TPSA) is 171 Å². The monoisotopic (exact) mass is 709 g/mol. The van der Waals surface area contributed by atoms with E-state index >= 15 is 0 Å². The highest BCUT2D eigenvalue weighted by Gasteiger charge is 2.29. The van der Waals surface area contributed by atoms with Crippen molar-refractivity contribution in [3.63, 3.8) is 0 Å². The molecule has 0 atom stereocenters. The molecule has 0 radical (unpaired) electrons. The first-order valence-electron chi connectivity index (χ1n) is 16.8. The first-order valence-corrected chi connectivity index (χ1v) is 17.6. The zero-order valence-corrected chi connectivity index (χ0v) is 29.4. The number of fused-ring (bicyclic) bond motifs is 2. The zero-order chi connectivity index (χ0) is 35.6. The minimum atomic E-state index is 0.113. The van der Waals surface area contributed by atoms with Gasteiger partial charge in [0.25, 0.3) is 0 Å². The van der Waals surface area contributed by atoms with E-state index in [0.717, 1.165) is 73.9 Å². The van der Waals surface area contributed by atoms with Crippen molar-refractivity contribution >= 4 is 57.9 Å². The molecule has 1 fully saturated rings. The van der Waals surface area contributed by atoms with E-state index in [-0.39, 0.29) is 11.8 Å². The highest BCUT2D eigenvalue weighted by atomic mass is 32.2. The minimum Gasteiger partial charge on any atom is -0.326 e. The molecule has 0 saturated heterocycles. The largest absolute Gasteiger partial charge is 0.326 e. The lowest BCUT2D eigenvalue weighted by Gasteiger charge is -2.09. The third-order valence-electron chi connectivity index (χ3n) is 8.18. The van der Waals surface area contributed by atoms with Crippen LogP contribution in [0.1, 0.15) is 29.9 Å². The average molecular weight is 710 g/mol. The number of carbonyl (C=O) groups is 1. The van der Waals surface area contributed by atoms with Gasteiger partial charge in [0.05, 0.1) is 11.4 Å². The van der Waals surface area contributed by atoms with Crippen molar-refractivity contribution in [2.75, 3.05) is 16.0 Å². The molecule has 1 aliphatic rings. The zero-order valence-electron chi connectivity index (χ0n) is 28.6. The summed E-state index contributed by atoms with van der Waals surface area (Å²) in [6.07, 6.45) is 11.6. The number of benzene rings is 2. The SMILES string of the molecule is Cc1cc(Nc2nc(-c3ccccc3)cn3ccnc23)n[nH]1.Cc1cn2cc(Sc3ccc(NC(=O)C4CC4)cc3)nc(Nc3cc(C)[nH]n3)c2n1. The summed E-state index contributed by atoms with van der Waals surface area (Å²) in [6.45, 7) is 5.86. The van der Waals surface area contributed by atoms with Gasteiger partial charge in [0.15, 0.2) is 34.6 Å². The number of hydrogen-bond donors (Lipinski definition) is 5. The Bertz CT molecular complexity index is 2490. The van der Waals surface area contributed by atoms with Gasteiger partial charge in [-0.05, 0) is 57.9 Å². The van der Waals surface area contributed by atoms with Crippen LogP contribution in [0.15, 0.2) is 108 Å². The molecular formula is C37H35N13OS. The number of nitrogens with one attached hydrogen (secondary N) is 5. The van der Waals surface area contributed by atoms with E-state index < -0.39 is 0 Å². The highest BCUT2D eigenvalue weighted by Crippen LogP contribution is 2.32. The van der Waals surface area contributed by atoms with Crippen molar-refractivity contribution in [1.82, 2.24) is 49.1 Å². The Labute approximate surface area is 302 Å². The van der Waals surface area contributed by atoms with Gasteiger partial charge < -0.3 is 24.8 Å². The van der Waals surface area contributed by atoms with Crippen molar-refractivity contribution in [1.29, 1.82) is 0 Å². The van der Waals surface area contributed by atoms with Gasteiger partial charge in [0, 0.05) is 76.6 Å². The Morgan fingerprint density at radius 2 is 1.48 bits per heavy atom. The molecule has 9 rings (SSSR count). The number of amides is 1. The predicted octanol–water partition coefficient (Wildman–Crippen LogP) is 7.48. The van der Waals surface area contributed by atoms with Gasteiger partial charge in [-0.15, -0.1) is 0 Å². The van der Waals surface area contributed by atoms with Crippen molar-refractivity contribution in [3.8, 4) is 11.3 Å². The fraction of sp³-hybridized carbons (Fsp3) is 0.162. The molecular weight excluding hydrogens is 675 g/mol. The maximum atomic E-state index is 11.9. The van der Waals surface area contributed by atoms with E-state index in [0.29, 0.717) is 17.5 Å². The second-order valence-electron chi connectivity index (χ2n) is 12.6. The molecule has 14 nitrogen and oxygen atoms in total. The molecule has 15 heteroatoms. The van der Waals surface area contributed by atoms with E-state index in [9.17, 15) is 4.79 Å². The quantitative estimate of drug-likeness (QED) is 0.101. The van der Waals surface area contributed by atoms with Gasteiger partial charge in [-0.2, -0.15) is 10.2 Å². The maximum Gasteiger partial charge on any atom is 0.227 e. The Hall–Kier alpha value is -6.48. The molecule has 1 amide bonds. The van der Waals surface area contributed by atoms with Crippen LogP contribution in [0.5, 0.6) is 0 Å². The molecule has 260 valence electrons. The van der Waals surface area contributed by atoms with Crippen LogP contribution < -0.4 is 16.0 Å². The van der Waals surface area contributed by atoms with Gasteiger partial charge in [-0.1, -0.05) is 42.1 Å². The fourth-order valence-electron chi connectivity index (χ4n) is 5.52. The molecule has 8 aromatic rings. The highest BCUT2D eigenvalue weighted by molar-refractivity contribution is 7.99. The number of anilines is 5. The normalized spacial score (nSPS) is 12.4. The summed E-state index contributed by atoms with van der Waals surface area (Å²) in [5, 5.41) is 24.5. The Morgan fingerprint density at radius 1 is 0.788 bits per heavy atom. The molecule has 0 aliphatic heterocycles. The van der Waals surface area contributed by atoms with Crippen LogP contribution in [0.3, 0.4) is 0 Å². The van der Waals surface area contributed by atoms with E-state index in [1.54, 1.807) is 18.0 Å². The summed E-state index contributed by atoms with van der Waals surface area (Å²) < 4.78 is 3.92. The number of hydrogen-bond acceptors (Lipinski definition) is 10. The van der Waals surface area contributed by atoms with E-state index in [1.807, 2.05) is 121 Å². The second kappa shape index (κ2) is 14.0. The number of imidazole rings is 2. The summed E-state index contributed by atoms with van der Waals surface area (Å²) in [7, 11) is 0. The summed E-state index contributed by atoms with van der Waals surface area (Å²) in [5.74, 6) is 3.05. The summed E-state index contributed by atoms with van der Waals surface area (Å²) >= 11 is 1.55. The summed E-state index contributed by atoms with van der Waals surface area (Å²) in [4.78, 5) is 31.3. The number of rotatable bonds is 9. The first-order chi connectivity index (χ1) is 25.3. The number of carbonyl (C=O) groups excluding carboxylic acids is 1. The number of aromatic nitrogens is 10. The smallest absolute Gasteiger partial charge is 0.227 e. The van der Waals surface area contributed by atoms with Crippen molar-refractivity contribution in [3.05, 3.63) is 115 Å². The molecule has 0 unspecified atom stereocenters. The standard InChI is InChI=1S/C21H21N7OS.C16H14N6/c1-12-9-17(27-26-12)24-19-20-22-13(2)10-28(20)11-18(25-19)30-16-7-5-15(6-8-16)23-21(29)14-3-4-14;1-11-9-14(21-20-11)19-15-16-17-7-8-22(16)10-13(18-15)12-5-3-2-4-6-12/h5-11,14H,3-4H2,1-2H3,(H,23,29)(H2,24,25,26,27);2-10H,1H3,(H2,18,19,20,21). The van der Waals surface area contributed by atoms with E-state index in [2.05, 4.69) is 46.3 Å². The first kappa shape index (κ1) is 32.7. The second-order valence-corrected chi connectivity index (χ2v) is 13.6. The predicted molar refractivity (Wildman–Crippen MR) is 201 cm³/mol. The lowest BCUT2D eigenvalue weighted by atomic mass is 10.2. The molecule has 52 heavy (non-hydrogen) atoms. The molecule has 6 aromatic heterocycles. The average Bonchev–Trinajstić information content (AvgIpc) is 3.38. The minimum absolute atomic E-state index is 0.113. The summed E-state index contributed by atoms with van der Waals surface area (Å²) in [5.41, 5.74) is 7.13. The van der Waals surface area contributed by atoms with Crippen molar-refractivity contribution < 1.29 is 4.79 Å². The Balaban J connectivity index is 0.000000156. The number of aryl methyl sites for hydroxylation is 3. The maximum absolute atomic E-state index is 11.9. The van der Waals surface area contributed by atoms with Crippen LogP contribution in [0.4, 0.5) is 29.0 Å².